The molecular formula is C10H22N3O8P2Pt-. The Kier molecular flexibility index (Phi) is 13.1. The predicted molar refractivity (Wildman–Crippen MR) is 80.2 cm³/mol. The van der Waals surface area contributed by atoms with Crippen molar-refractivity contribution in [3.05, 3.63) is 11.5 Å². The van der Waals surface area contributed by atoms with E-state index in [0.29, 0.717) is 4.90 Å². The molecule has 0 bridgehead atoms. The van der Waals surface area contributed by atoms with Crippen LogP contribution in [-0.4, -0.2) is 61.6 Å². The number of carboxylic acid groups (broad SMARTS) is 1. The van der Waals surface area contributed by atoms with Crippen LogP contribution in [0.2, 0.25) is 0 Å². The molecule has 1 fully saturated rings. The first-order valence-electron chi connectivity index (χ1n) is 6.74. The maximum Gasteiger partial charge on any atom is 2.00 e. The van der Waals surface area contributed by atoms with Crippen LogP contribution in [0.5, 0.6) is 0 Å². The van der Waals surface area contributed by atoms with Crippen LogP contribution in [0.4, 0.5) is 0 Å². The Hall–Kier alpha value is 0.338. The second-order valence-corrected chi connectivity index (χ2v) is 8.54. The van der Waals surface area contributed by atoms with Crippen molar-refractivity contribution in [1.29, 1.82) is 0 Å². The van der Waals surface area contributed by atoms with Gasteiger partial charge in [-0.15, -0.1) is 0 Å². The van der Waals surface area contributed by atoms with E-state index in [1.54, 1.807) is 0 Å². The zero-order valence-electron chi connectivity index (χ0n) is 12.7. The maximum absolute atomic E-state index is 10.5. The molecule has 0 aromatic heterocycles. The van der Waals surface area contributed by atoms with Gasteiger partial charge in [-0.2, -0.15) is 12.1 Å². The molecule has 1 saturated carbocycles. The van der Waals surface area contributed by atoms with Gasteiger partial charge >= 0.3 is 36.3 Å². The molecule has 1 aliphatic rings. The number of carboxylic acids is 1. The topological polar surface area (TPSA) is 206 Å². The van der Waals surface area contributed by atoms with Crippen molar-refractivity contribution in [3.8, 4) is 0 Å². The fourth-order valence-corrected chi connectivity index (χ4v) is 3.58. The number of nitrogens with one attached hydrogen (secondary N) is 2. The Morgan fingerprint density at radius 3 is 1.54 bits per heavy atom. The first-order valence-corrected chi connectivity index (χ1v) is 10.3. The van der Waals surface area contributed by atoms with Gasteiger partial charge in [0.15, 0.2) is 0 Å². The predicted octanol–water partition coefficient (Wildman–Crippen LogP) is -0.292. The summed E-state index contributed by atoms with van der Waals surface area (Å²) in [6.07, 6.45) is 2.15. The molecule has 1 aliphatic carbocycles. The van der Waals surface area contributed by atoms with E-state index in [1.165, 1.54) is 12.8 Å². The van der Waals surface area contributed by atoms with Crippen molar-refractivity contribution in [3.63, 3.8) is 0 Å². The molecule has 0 aromatic carbocycles. The average Bonchev–Trinajstić information content (AvgIpc) is 2.28. The summed E-state index contributed by atoms with van der Waals surface area (Å²) in [7, 11) is -9.15. The smallest absolute Gasteiger partial charge is 0.676 e. The van der Waals surface area contributed by atoms with Gasteiger partial charge in [0.05, 0.1) is 5.97 Å². The molecule has 0 unspecified atom stereocenters. The molecule has 6 N–H and O–H groups in total. The van der Waals surface area contributed by atoms with Gasteiger partial charge in [0, 0.05) is 6.54 Å². The van der Waals surface area contributed by atoms with Crippen LogP contribution in [0.3, 0.4) is 0 Å². The van der Waals surface area contributed by atoms with Gasteiger partial charge in [-0.25, -0.2) is 0 Å². The summed E-state index contributed by atoms with van der Waals surface area (Å²) in [4.78, 5) is 44.6. The summed E-state index contributed by atoms with van der Waals surface area (Å²) in [6, 6.07) is -0.160. The quantitative estimate of drug-likeness (QED) is 0.310. The monoisotopic (exact) mass is 569 g/mol. The molecule has 0 amide bonds. The van der Waals surface area contributed by atoms with Crippen LogP contribution in [-0.2, 0) is 35.0 Å². The third kappa shape index (κ3) is 15.8. The van der Waals surface area contributed by atoms with E-state index < -0.39 is 40.3 Å². The number of aliphatic carboxylic acids is 1. The van der Waals surface area contributed by atoms with Gasteiger partial charge < -0.3 is 40.9 Å². The zero-order chi connectivity index (χ0) is 18.3. The minimum atomic E-state index is -4.57. The van der Waals surface area contributed by atoms with E-state index in [-0.39, 0.29) is 33.1 Å². The van der Waals surface area contributed by atoms with Gasteiger partial charge in [0.2, 0.25) is 0 Å². The summed E-state index contributed by atoms with van der Waals surface area (Å²) >= 11 is 0. The van der Waals surface area contributed by atoms with E-state index in [0.717, 1.165) is 12.8 Å². The Balaban J connectivity index is 0. The number of nitrogens with zero attached hydrogens (tertiary/aromatic N) is 1. The molecule has 2 atom stereocenters. The second-order valence-electron chi connectivity index (χ2n) is 5.31. The molecule has 0 spiro atoms. The van der Waals surface area contributed by atoms with Crippen molar-refractivity contribution in [2.24, 2.45) is 0 Å². The van der Waals surface area contributed by atoms with Gasteiger partial charge in [0.1, 0.15) is 12.6 Å². The minimum absolute atomic E-state index is 0. The van der Waals surface area contributed by atoms with Crippen LogP contribution in [0.15, 0.2) is 0 Å². The van der Waals surface area contributed by atoms with Crippen LogP contribution < -0.4 is 5.11 Å². The largest absolute Gasteiger partial charge is 2.00 e. The van der Waals surface area contributed by atoms with Crippen molar-refractivity contribution < 1.29 is 59.7 Å². The Morgan fingerprint density at radius 2 is 1.33 bits per heavy atom. The number of hydrogen-bond acceptors (Lipinski definition) is 5. The summed E-state index contributed by atoms with van der Waals surface area (Å²) in [5.41, 5.74) is 14.6. The number of carbonyl (C=O) groups is 1. The van der Waals surface area contributed by atoms with E-state index >= 15 is 0 Å². The van der Waals surface area contributed by atoms with Crippen LogP contribution >= 0.6 is 15.2 Å². The van der Waals surface area contributed by atoms with Gasteiger partial charge in [-0.05, 0) is 0 Å². The standard InChI is InChI=1S/C6H12N2.C4H11NO8P2.Pt/c7-5-3-1-2-4-6(5)8;6-4(7)1-5(2-14(8,9)10)3-15(11,12)13;/h5-8H,1-4H2;1-3H2,(H,6,7)(H2,8,9,10)(H2,11,12,13);/q-2;;+2/p-1/t5-,6+;;. The first-order chi connectivity index (χ1) is 10.3. The van der Waals surface area contributed by atoms with Crippen LogP contribution in [0.1, 0.15) is 25.7 Å². The Bertz CT molecular complexity index is 437. The van der Waals surface area contributed by atoms with E-state index in [9.17, 15) is 19.0 Å². The van der Waals surface area contributed by atoms with Crippen molar-refractivity contribution in [2.45, 2.75) is 37.8 Å². The summed E-state index contributed by atoms with van der Waals surface area (Å²) < 4.78 is 21.0. The van der Waals surface area contributed by atoms with Gasteiger partial charge in [-0.1, -0.05) is 25.7 Å². The van der Waals surface area contributed by atoms with Gasteiger partial charge in [-0.3, -0.25) is 14.0 Å². The summed E-state index contributed by atoms with van der Waals surface area (Å²) in [6.45, 7) is -0.962. The molecule has 1 rings (SSSR count). The van der Waals surface area contributed by atoms with Gasteiger partial charge in [0.25, 0.3) is 0 Å². The Labute approximate surface area is 154 Å². The SMILES string of the molecule is O=C([O-])CN(CP(=O)(O)O)CP(=O)(O)O.[NH-][C@@H]1CCCC[C@@H]1[NH-].[Pt+2]. The number of hydrogen-bond donors (Lipinski definition) is 4. The third-order valence-electron chi connectivity index (χ3n) is 2.89. The summed E-state index contributed by atoms with van der Waals surface area (Å²) in [5.74, 6) is -1.68. The molecular weight excluding hydrogens is 547 g/mol. The van der Waals surface area contributed by atoms with E-state index in [4.69, 9.17) is 31.0 Å². The fourth-order valence-electron chi connectivity index (χ4n) is 1.98. The number of rotatable bonds is 6. The van der Waals surface area contributed by atoms with Crippen molar-refractivity contribution in [1.82, 2.24) is 4.90 Å². The molecule has 0 saturated heterocycles. The number of carbonyl (C=O) groups excluding carboxylic acids is 1. The van der Waals surface area contributed by atoms with E-state index in [1.807, 2.05) is 0 Å². The van der Waals surface area contributed by atoms with Crippen LogP contribution in [0, 0.1) is 0 Å². The molecule has 0 aromatic rings. The van der Waals surface area contributed by atoms with Crippen LogP contribution in [0.25, 0.3) is 11.5 Å². The van der Waals surface area contributed by atoms with E-state index in [2.05, 4.69) is 0 Å². The Morgan fingerprint density at radius 1 is 1.00 bits per heavy atom. The average molecular weight is 569 g/mol. The molecule has 24 heavy (non-hydrogen) atoms. The zero-order valence-corrected chi connectivity index (χ0v) is 16.7. The summed E-state index contributed by atoms with van der Waals surface area (Å²) in [5, 5.41) is 10.1. The molecule has 146 valence electrons. The van der Waals surface area contributed by atoms with Crippen molar-refractivity contribution in [2.75, 3.05) is 19.1 Å². The molecule has 11 nitrogen and oxygen atoms in total. The first kappa shape index (κ1) is 26.6. The maximum atomic E-state index is 10.5. The molecule has 14 heteroatoms. The third-order valence-corrected chi connectivity index (χ3v) is 4.42. The van der Waals surface area contributed by atoms with Crippen molar-refractivity contribution >= 4 is 21.2 Å². The normalized spacial score (nSPS) is 21.5. The molecule has 0 aliphatic heterocycles. The minimum Gasteiger partial charge on any atom is -0.676 e. The molecule has 0 radical (unpaired) electrons. The fraction of sp³-hybridized carbons (Fsp3) is 0.900. The molecule has 0 heterocycles. The second kappa shape index (κ2) is 11.9.